The maximum absolute atomic E-state index is 13.4. The van der Waals surface area contributed by atoms with Crippen LogP contribution < -0.4 is 0 Å². The van der Waals surface area contributed by atoms with Gasteiger partial charge in [-0.3, -0.25) is 4.79 Å². The SMILES string of the molecule is CN(C(=O)C1(c2cccc(F)c2)CC1)[C@@H]1COC[C@@H](O)[C@H]1O. The first-order chi connectivity index (χ1) is 10.5. The zero-order chi connectivity index (χ0) is 15.9. The molecule has 0 spiro atoms. The highest BCUT2D eigenvalue weighted by Gasteiger charge is 2.54. The van der Waals surface area contributed by atoms with Gasteiger partial charge in [-0.2, -0.15) is 0 Å². The fourth-order valence-electron chi connectivity index (χ4n) is 3.13. The second-order valence-corrected chi connectivity index (χ2v) is 6.17. The van der Waals surface area contributed by atoms with Crippen molar-refractivity contribution in [3.05, 3.63) is 35.6 Å². The molecule has 1 aliphatic heterocycles. The molecule has 3 rings (SSSR count). The Bertz CT molecular complexity index is 575. The van der Waals surface area contributed by atoms with Gasteiger partial charge in [0, 0.05) is 7.05 Å². The molecular weight excluding hydrogens is 289 g/mol. The van der Waals surface area contributed by atoms with Crippen molar-refractivity contribution in [2.75, 3.05) is 20.3 Å². The quantitative estimate of drug-likeness (QED) is 0.850. The van der Waals surface area contributed by atoms with Crippen molar-refractivity contribution in [2.45, 2.75) is 36.5 Å². The maximum Gasteiger partial charge on any atom is 0.233 e. The molecule has 6 heteroatoms. The molecule has 1 aliphatic carbocycles. The summed E-state index contributed by atoms with van der Waals surface area (Å²) >= 11 is 0. The van der Waals surface area contributed by atoms with Gasteiger partial charge in [0.2, 0.25) is 5.91 Å². The Morgan fingerprint density at radius 2 is 2.09 bits per heavy atom. The number of ether oxygens (including phenoxy) is 1. The van der Waals surface area contributed by atoms with Crippen LogP contribution in [0.1, 0.15) is 18.4 Å². The van der Waals surface area contributed by atoms with Gasteiger partial charge in [0.05, 0.1) is 24.7 Å². The first kappa shape index (κ1) is 15.4. The molecule has 1 aromatic rings. The molecule has 2 N–H and O–H groups in total. The van der Waals surface area contributed by atoms with Crippen molar-refractivity contribution >= 4 is 5.91 Å². The summed E-state index contributed by atoms with van der Waals surface area (Å²) in [6.07, 6.45) is -0.720. The van der Waals surface area contributed by atoms with Crippen molar-refractivity contribution in [3.63, 3.8) is 0 Å². The van der Waals surface area contributed by atoms with Crippen LogP contribution in [0.25, 0.3) is 0 Å². The van der Waals surface area contributed by atoms with Gasteiger partial charge in [0.25, 0.3) is 0 Å². The number of amides is 1. The highest BCUT2D eigenvalue weighted by Crippen LogP contribution is 2.50. The lowest BCUT2D eigenvalue weighted by molar-refractivity contribution is -0.155. The number of halogens is 1. The molecule has 22 heavy (non-hydrogen) atoms. The molecule has 0 bridgehead atoms. The van der Waals surface area contributed by atoms with Crippen molar-refractivity contribution < 1.29 is 24.1 Å². The van der Waals surface area contributed by atoms with Crippen LogP contribution in [0, 0.1) is 5.82 Å². The molecule has 120 valence electrons. The number of rotatable bonds is 3. The van der Waals surface area contributed by atoms with Gasteiger partial charge >= 0.3 is 0 Å². The molecule has 1 aromatic carbocycles. The van der Waals surface area contributed by atoms with Crippen LogP contribution in [0.2, 0.25) is 0 Å². The third-order valence-electron chi connectivity index (χ3n) is 4.72. The Kier molecular flexibility index (Phi) is 3.92. The fourth-order valence-corrected chi connectivity index (χ4v) is 3.13. The minimum absolute atomic E-state index is 0.0642. The molecule has 1 heterocycles. The van der Waals surface area contributed by atoms with E-state index in [9.17, 15) is 19.4 Å². The van der Waals surface area contributed by atoms with Crippen LogP contribution in [-0.4, -0.2) is 59.5 Å². The number of aliphatic hydroxyl groups is 2. The molecule has 0 radical (unpaired) electrons. The second-order valence-electron chi connectivity index (χ2n) is 6.17. The topological polar surface area (TPSA) is 70.0 Å². The first-order valence-corrected chi connectivity index (χ1v) is 7.43. The lowest BCUT2D eigenvalue weighted by atomic mass is 9.92. The van der Waals surface area contributed by atoms with Gasteiger partial charge < -0.3 is 19.8 Å². The van der Waals surface area contributed by atoms with E-state index in [2.05, 4.69) is 0 Å². The van der Waals surface area contributed by atoms with E-state index in [-0.39, 0.29) is 24.9 Å². The first-order valence-electron chi connectivity index (χ1n) is 7.43. The molecule has 3 atom stereocenters. The van der Waals surface area contributed by atoms with Gasteiger partial charge in [-0.15, -0.1) is 0 Å². The van der Waals surface area contributed by atoms with E-state index in [4.69, 9.17) is 4.74 Å². The summed E-state index contributed by atoms with van der Waals surface area (Å²) in [4.78, 5) is 14.3. The normalized spacial score (nSPS) is 29.9. The third-order valence-corrected chi connectivity index (χ3v) is 4.72. The van der Waals surface area contributed by atoms with E-state index in [1.807, 2.05) is 0 Å². The number of hydrogen-bond acceptors (Lipinski definition) is 4. The molecule has 1 saturated carbocycles. The van der Waals surface area contributed by atoms with Crippen LogP contribution in [0.15, 0.2) is 24.3 Å². The lowest BCUT2D eigenvalue weighted by Gasteiger charge is -2.39. The minimum Gasteiger partial charge on any atom is -0.388 e. The summed E-state index contributed by atoms with van der Waals surface area (Å²) in [5, 5.41) is 19.8. The van der Waals surface area contributed by atoms with Gasteiger partial charge in [0.1, 0.15) is 18.0 Å². The summed E-state index contributed by atoms with van der Waals surface area (Å²) < 4.78 is 18.7. The minimum atomic E-state index is -1.04. The van der Waals surface area contributed by atoms with Gasteiger partial charge in [0.15, 0.2) is 0 Å². The molecular formula is C16H20FNO4. The molecule has 2 fully saturated rings. The Morgan fingerprint density at radius 3 is 2.73 bits per heavy atom. The average molecular weight is 309 g/mol. The molecule has 0 aromatic heterocycles. The van der Waals surface area contributed by atoms with E-state index in [1.54, 1.807) is 19.2 Å². The van der Waals surface area contributed by atoms with E-state index < -0.39 is 23.7 Å². The van der Waals surface area contributed by atoms with E-state index >= 15 is 0 Å². The smallest absolute Gasteiger partial charge is 0.233 e. The van der Waals surface area contributed by atoms with E-state index in [1.165, 1.54) is 17.0 Å². The van der Waals surface area contributed by atoms with Crippen molar-refractivity contribution in [1.82, 2.24) is 4.90 Å². The predicted octanol–water partition coefficient (Wildman–Crippen LogP) is 0.436. The fraction of sp³-hybridized carbons (Fsp3) is 0.562. The predicted molar refractivity (Wildman–Crippen MR) is 76.7 cm³/mol. The van der Waals surface area contributed by atoms with E-state index in [0.29, 0.717) is 18.4 Å². The number of likely N-dealkylation sites (N-methyl/N-ethyl adjacent to an activating group) is 1. The summed E-state index contributed by atoms with van der Waals surface area (Å²) in [5.41, 5.74) is -0.0463. The number of benzene rings is 1. The van der Waals surface area contributed by atoms with Gasteiger partial charge in [-0.25, -0.2) is 4.39 Å². The van der Waals surface area contributed by atoms with Crippen molar-refractivity contribution in [1.29, 1.82) is 0 Å². The molecule has 5 nitrogen and oxygen atoms in total. The highest BCUT2D eigenvalue weighted by molar-refractivity contribution is 5.91. The summed E-state index contributed by atoms with van der Waals surface area (Å²) in [6.45, 7) is 0.244. The standard InChI is InChI=1S/C16H20FNO4/c1-18(12-8-22-9-13(19)14(12)20)15(21)16(5-6-16)10-3-2-4-11(17)7-10/h2-4,7,12-14,19-20H,5-6,8-9H2,1H3/t12-,13-,14+/m1/s1. The zero-order valence-electron chi connectivity index (χ0n) is 12.4. The van der Waals surface area contributed by atoms with Crippen LogP contribution in [-0.2, 0) is 14.9 Å². The molecule has 1 amide bonds. The van der Waals surface area contributed by atoms with E-state index in [0.717, 1.165) is 0 Å². The number of carbonyl (C=O) groups excluding carboxylic acids is 1. The van der Waals surface area contributed by atoms with Crippen LogP contribution >= 0.6 is 0 Å². The average Bonchev–Trinajstić information content (AvgIpc) is 3.30. The Balaban J connectivity index is 1.81. The summed E-state index contributed by atoms with van der Waals surface area (Å²) in [5.74, 6) is -0.532. The summed E-state index contributed by atoms with van der Waals surface area (Å²) in [7, 11) is 1.59. The molecule has 0 unspecified atom stereocenters. The van der Waals surface area contributed by atoms with Gasteiger partial charge in [-0.1, -0.05) is 12.1 Å². The Labute approximate surface area is 128 Å². The Morgan fingerprint density at radius 1 is 1.36 bits per heavy atom. The number of nitrogens with zero attached hydrogens (tertiary/aromatic N) is 1. The highest BCUT2D eigenvalue weighted by atomic mass is 19.1. The third kappa shape index (κ3) is 2.51. The van der Waals surface area contributed by atoms with Gasteiger partial charge in [-0.05, 0) is 30.5 Å². The van der Waals surface area contributed by atoms with Crippen molar-refractivity contribution in [3.8, 4) is 0 Å². The largest absolute Gasteiger partial charge is 0.388 e. The maximum atomic E-state index is 13.4. The Hall–Kier alpha value is -1.50. The lowest BCUT2D eigenvalue weighted by Crippen LogP contribution is -2.57. The molecule has 1 saturated heterocycles. The number of carbonyl (C=O) groups is 1. The van der Waals surface area contributed by atoms with Crippen LogP contribution in [0.4, 0.5) is 4.39 Å². The van der Waals surface area contributed by atoms with Crippen LogP contribution in [0.5, 0.6) is 0 Å². The molecule has 2 aliphatic rings. The van der Waals surface area contributed by atoms with Crippen LogP contribution in [0.3, 0.4) is 0 Å². The number of hydrogen-bond donors (Lipinski definition) is 2. The second kappa shape index (κ2) is 5.61. The number of aliphatic hydroxyl groups excluding tert-OH is 2. The zero-order valence-corrected chi connectivity index (χ0v) is 12.4. The summed E-state index contributed by atoms with van der Waals surface area (Å²) in [6, 6.07) is 5.50. The monoisotopic (exact) mass is 309 g/mol. The van der Waals surface area contributed by atoms with Crippen molar-refractivity contribution in [2.24, 2.45) is 0 Å².